The predicted octanol–water partition coefficient (Wildman–Crippen LogP) is 3.15. The largest absolute Gasteiger partial charge is 0.472 e. The Bertz CT molecular complexity index is 837. The van der Waals surface area contributed by atoms with Gasteiger partial charge in [-0.05, 0) is 44.1 Å². The number of carbonyl (C=O) groups is 1. The van der Waals surface area contributed by atoms with E-state index >= 15 is 0 Å². The van der Waals surface area contributed by atoms with E-state index in [2.05, 4.69) is 20.4 Å². The molecule has 7 nitrogen and oxygen atoms in total. The first-order chi connectivity index (χ1) is 12.8. The number of carbonyl (C=O) groups excluding carboxylic acids is 1. The minimum atomic E-state index is 0.00897. The summed E-state index contributed by atoms with van der Waals surface area (Å²) in [5.74, 6) is 1.39. The molecule has 0 aliphatic carbocycles. The van der Waals surface area contributed by atoms with Gasteiger partial charge in [0.15, 0.2) is 0 Å². The number of furan rings is 1. The van der Waals surface area contributed by atoms with E-state index in [0.29, 0.717) is 18.3 Å². The average molecular weight is 352 g/mol. The number of nitrogens with one attached hydrogen (secondary N) is 1. The summed E-state index contributed by atoms with van der Waals surface area (Å²) in [4.78, 5) is 14.3. The zero-order chi connectivity index (χ0) is 17.8. The van der Waals surface area contributed by atoms with Crippen LogP contribution in [0.1, 0.15) is 24.7 Å². The van der Waals surface area contributed by atoms with Crippen molar-refractivity contribution in [3.63, 3.8) is 0 Å². The Kier molecular flexibility index (Phi) is 4.79. The van der Waals surface area contributed by atoms with Crippen LogP contribution in [0.2, 0.25) is 0 Å². The number of anilines is 1. The number of piperidine rings is 1. The summed E-state index contributed by atoms with van der Waals surface area (Å²) in [6.45, 7) is 2.05. The maximum Gasteiger partial charge on any atom is 0.250 e. The third kappa shape index (κ3) is 3.83. The smallest absolute Gasteiger partial charge is 0.250 e. The van der Waals surface area contributed by atoms with Crippen molar-refractivity contribution in [3.05, 3.63) is 54.8 Å². The van der Waals surface area contributed by atoms with Crippen LogP contribution in [-0.2, 0) is 4.79 Å². The topological polar surface area (TPSA) is 84.4 Å². The molecule has 0 spiro atoms. The summed E-state index contributed by atoms with van der Waals surface area (Å²) >= 11 is 0. The summed E-state index contributed by atoms with van der Waals surface area (Å²) in [5.41, 5.74) is 1.61. The second-order valence-corrected chi connectivity index (χ2v) is 6.42. The number of hydrogen-bond donors (Lipinski definition) is 1. The molecule has 2 aromatic heterocycles. The molecule has 4 rings (SSSR count). The van der Waals surface area contributed by atoms with Gasteiger partial charge in [0.05, 0.1) is 18.4 Å². The number of likely N-dealkylation sites (tertiary alicyclic amines) is 1. The van der Waals surface area contributed by atoms with Crippen LogP contribution >= 0.6 is 0 Å². The van der Waals surface area contributed by atoms with E-state index in [-0.39, 0.29) is 11.8 Å². The van der Waals surface area contributed by atoms with Crippen LogP contribution in [0.3, 0.4) is 0 Å². The molecule has 1 aliphatic heterocycles. The molecular formula is C19H20N4O3. The van der Waals surface area contributed by atoms with Crippen molar-refractivity contribution in [1.29, 1.82) is 0 Å². The first kappa shape index (κ1) is 16.5. The van der Waals surface area contributed by atoms with E-state index in [4.69, 9.17) is 8.83 Å². The molecule has 0 unspecified atom stereocenters. The van der Waals surface area contributed by atoms with Gasteiger partial charge in [-0.3, -0.25) is 9.69 Å². The second-order valence-electron chi connectivity index (χ2n) is 6.42. The van der Waals surface area contributed by atoms with Crippen LogP contribution in [0.4, 0.5) is 5.69 Å². The Hall–Kier alpha value is -2.93. The molecule has 0 saturated carbocycles. The quantitative estimate of drug-likeness (QED) is 0.759. The van der Waals surface area contributed by atoms with Crippen molar-refractivity contribution >= 4 is 11.6 Å². The van der Waals surface area contributed by atoms with Gasteiger partial charge in [-0.25, -0.2) is 0 Å². The average Bonchev–Trinajstić information content (AvgIpc) is 3.35. The predicted molar refractivity (Wildman–Crippen MR) is 95.5 cm³/mol. The van der Waals surface area contributed by atoms with Gasteiger partial charge in [0, 0.05) is 11.6 Å². The van der Waals surface area contributed by atoms with Crippen molar-refractivity contribution in [2.24, 2.45) is 0 Å². The van der Waals surface area contributed by atoms with E-state index < -0.39 is 0 Å². The first-order valence-electron chi connectivity index (χ1n) is 8.71. The highest BCUT2D eigenvalue weighted by Crippen LogP contribution is 2.29. The fourth-order valence-electron chi connectivity index (χ4n) is 3.17. The minimum Gasteiger partial charge on any atom is -0.472 e. The maximum absolute atomic E-state index is 12.2. The van der Waals surface area contributed by atoms with Gasteiger partial charge in [0.2, 0.25) is 11.8 Å². The monoisotopic (exact) mass is 352 g/mol. The van der Waals surface area contributed by atoms with Crippen LogP contribution in [0.5, 0.6) is 0 Å². The van der Waals surface area contributed by atoms with Crippen LogP contribution in [0.25, 0.3) is 11.5 Å². The lowest BCUT2D eigenvalue weighted by atomic mass is 9.97. The molecule has 1 saturated heterocycles. The van der Waals surface area contributed by atoms with Gasteiger partial charge >= 0.3 is 0 Å². The van der Waals surface area contributed by atoms with Crippen molar-refractivity contribution in [1.82, 2.24) is 15.1 Å². The number of aromatic nitrogens is 2. The molecule has 1 amide bonds. The van der Waals surface area contributed by atoms with E-state index in [1.54, 1.807) is 18.6 Å². The Morgan fingerprint density at radius 3 is 2.69 bits per heavy atom. The fourth-order valence-corrected chi connectivity index (χ4v) is 3.17. The molecule has 0 radical (unpaired) electrons. The summed E-state index contributed by atoms with van der Waals surface area (Å²) in [7, 11) is 0. The van der Waals surface area contributed by atoms with Gasteiger partial charge < -0.3 is 14.2 Å². The standard InChI is InChI=1S/C19H20N4O3/c24-17(20-16-4-2-1-3-5-16)12-23-9-6-14(7-10-23)18-21-22-19(26-18)15-8-11-25-13-15/h1-5,8,11,13-14H,6-7,9-10,12H2,(H,20,24). The van der Waals surface area contributed by atoms with E-state index in [1.807, 2.05) is 30.3 Å². The number of hydrogen-bond acceptors (Lipinski definition) is 6. The second kappa shape index (κ2) is 7.53. The normalized spacial score (nSPS) is 15.8. The van der Waals surface area contributed by atoms with E-state index in [9.17, 15) is 4.79 Å². The zero-order valence-corrected chi connectivity index (χ0v) is 14.3. The Morgan fingerprint density at radius 1 is 1.15 bits per heavy atom. The third-order valence-electron chi connectivity index (χ3n) is 4.57. The van der Waals surface area contributed by atoms with Crippen molar-refractivity contribution < 1.29 is 13.6 Å². The van der Waals surface area contributed by atoms with Gasteiger partial charge in [-0.2, -0.15) is 0 Å². The minimum absolute atomic E-state index is 0.00897. The number of amides is 1. The number of benzene rings is 1. The molecular weight excluding hydrogens is 332 g/mol. The van der Waals surface area contributed by atoms with Gasteiger partial charge in [-0.1, -0.05) is 18.2 Å². The molecule has 3 aromatic rings. The van der Waals surface area contributed by atoms with E-state index in [0.717, 1.165) is 37.2 Å². The molecule has 7 heteroatoms. The lowest BCUT2D eigenvalue weighted by molar-refractivity contribution is -0.117. The van der Waals surface area contributed by atoms with Crippen molar-refractivity contribution in [3.8, 4) is 11.5 Å². The number of nitrogens with zero attached hydrogens (tertiary/aromatic N) is 3. The number of para-hydroxylation sites is 1. The molecule has 1 fully saturated rings. The molecule has 0 atom stereocenters. The first-order valence-corrected chi connectivity index (χ1v) is 8.71. The Labute approximate surface area is 151 Å². The molecule has 26 heavy (non-hydrogen) atoms. The van der Waals surface area contributed by atoms with Gasteiger partial charge in [0.1, 0.15) is 6.26 Å². The SMILES string of the molecule is O=C(CN1CCC(c2nnc(-c3ccoc3)o2)CC1)Nc1ccccc1. The third-order valence-corrected chi connectivity index (χ3v) is 4.57. The highest BCUT2D eigenvalue weighted by Gasteiger charge is 2.26. The maximum atomic E-state index is 12.2. The fraction of sp³-hybridized carbons (Fsp3) is 0.316. The molecule has 0 bridgehead atoms. The molecule has 1 aromatic carbocycles. The van der Waals surface area contributed by atoms with Crippen molar-refractivity contribution in [2.75, 3.05) is 25.0 Å². The highest BCUT2D eigenvalue weighted by molar-refractivity contribution is 5.92. The van der Waals surface area contributed by atoms with Crippen LogP contribution in [0, 0.1) is 0 Å². The summed E-state index contributed by atoms with van der Waals surface area (Å²) in [6.07, 6.45) is 4.96. The zero-order valence-electron chi connectivity index (χ0n) is 14.3. The molecule has 134 valence electrons. The highest BCUT2D eigenvalue weighted by atomic mass is 16.4. The Morgan fingerprint density at radius 2 is 1.96 bits per heavy atom. The van der Waals surface area contributed by atoms with Gasteiger partial charge in [-0.15, -0.1) is 10.2 Å². The number of rotatable bonds is 5. The molecule has 3 heterocycles. The van der Waals surface area contributed by atoms with E-state index in [1.165, 1.54) is 0 Å². The van der Waals surface area contributed by atoms with Crippen LogP contribution in [0.15, 0.2) is 57.8 Å². The lowest BCUT2D eigenvalue weighted by Crippen LogP contribution is -2.38. The van der Waals surface area contributed by atoms with Crippen molar-refractivity contribution in [2.45, 2.75) is 18.8 Å². The molecule has 1 aliphatic rings. The summed E-state index contributed by atoms with van der Waals surface area (Å²) < 4.78 is 10.8. The van der Waals surface area contributed by atoms with Gasteiger partial charge in [0.25, 0.3) is 5.89 Å². The van der Waals surface area contributed by atoms with Crippen LogP contribution < -0.4 is 5.32 Å². The van der Waals surface area contributed by atoms with Crippen LogP contribution in [-0.4, -0.2) is 40.6 Å². The summed E-state index contributed by atoms with van der Waals surface area (Å²) in [5, 5.41) is 11.2. The molecule has 1 N–H and O–H groups in total. The lowest BCUT2D eigenvalue weighted by Gasteiger charge is -2.29. The Balaban J connectivity index is 1.28. The summed E-state index contributed by atoms with van der Waals surface area (Å²) in [6, 6.07) is 11.3.